The van der Waals surface area contributed by atoms with Gasteiger partial charge in [0, 0.05) is 18.8 Å². The number of ether oxygens (including phenoxy) is 2. The molecular weight excluding hydrogens is 385 g/mol. The number of carbonyl (C=O) groups excluding carboxylic acids is 1. The highest BCUT2D eigenvalue weighted by Gasteiger charge is 2.15. The summed E-state index contributed by atoms with van der Waals surface area (Å²) in [6, 6.07) is 6.95. The van der Waals surface area contributed by atoms with Crippen LogP contribution in [0.4, 0.5) is 0 Å². The molecule has 0 atom stereocenters. The van der Waals surface area contributed by atoms with Crippen LogP contribution in [0.5, 0.6) is 5.75 Å². The molecule has 0 saturated carbocycles. The Morgan fingerprint density at radius 1 is 1.19 bits per heavy atom. The van der Waals surface area contributed by atoms with Gasteiger partial charge in [0.1, 0.15) is 9.32 Å². The molecule has 1 aromatic carbocycles. The zero-order chi connectivity index (χ0) is 15.6. The third-order valence-corrected chi connectivity index (χ3v) is 4.05. The maximum Gasteiger partial charge on any atom is 0.337 e. The van der Waals surface area contributed by atoms with Crippen LogP contribution in [0.15, 0.2) is 35.3 Å². The first-order valence-electron chi connectivity index (χ1n) is 6.11. The zero-order valence-electron chi connectivity index (χ0n) is 11.8. The van der Waals surface area contributed by atoms with Crippen LogP contribution in [0.1, 0.15) is 10.4 Å². The van der Waals surface area contributed by atoms with Crippen molar-refractivity contribution in [3.8, 4) is 16.9 Å². The Balaban J connectivity index is 2.56. The van der Waals surface area contributed by atoms with Crippen LogP contribution >= 0.6 is 22.6 Å². The van der Waals surface area contributed by atoms with Gasteiger partial charge in [-0.15, -0.1) is 0 Å². The van der Waals surface area contributed by atoms with E-state index in [1.54, 1.807) is 37.5 Å². The highest BCUT2D eigenvalue weighted by atomic mass is 127. The van der Waals surface area contributed by atoms with Crippen LogP contribution in [0.25, 0.3) is 11.1 Å². The molecule has 2 rings (SSSR count). The van der Waals surface area contributed by atoms with E-state index >= 15 is 0 Å². The monoisotopic (exact) mass is 399 g/mol. The number of aryl methyl sites for hydroxylation is 1. The molecular formula is C15H14INO4. The van der Waals surface area contributed by atoms with E-state index < -0.39 is 0 Å². The lowest BCUT2D eigenvalue weighted by atomic mass is 10.0. The second kappa shape index (κ2) is 6.30. The van der Waals surface area contributed by atoms with Gasteiger partial charge in [-0.3, -0.25) is 4.79 Å². The molecule has 0 saturated heterocycles. The highest BCUT2D eigenvalue weighted by Crippen LogP contribution is 2.32. The standard InChI is InChI=1S/C15H14INO4/c1-17-8-11(13(20-2)12(16)14(17)18)9-4-6-10(7-5-9)15(19)21-3/h4-8H,1-3H3. The van der Waals surface area contributed by atoms with Crippen molar-refractivity contribution in [1.29, 1.82) is 0 Å². The molecule has 0 fully saturated rings. The Hall–Kier alpha value is -1.83. The van der Waals surface area contributed by atoms with Crippen molar-refractivity contribution in [2.75, 3.05) is 14.2 Å². The molecule has 0 aliphatic carbocycles. The van der Waals surface area contributed by atoms with Crippen LogP contribution < -0.4 is 10.3 Å². The predicted molar refractivity (Wildman–Crippen MR) is 87.7 cm³/mol. The molecule has 0 aliphatic rings. The van der Waals surface area contributed by atoms with Crippen LogP contribution in [-0.2, 0) is 11.8 Å². The highest BCUT2D eigenvalue weighted by molar-refractivity contribution is 14.1. The third-order valence-electron chi connectivity index (χ3n) is 3.10. The summed E-state index contributed by atoms with van der Waals surface area (Å²) in [7, 11) is 4.56. The number of esters is 1. The van der Waals surface area contributed by atoms with Crippen molar-refractivity contribution >= 4 is 28.6 Å². The first-order chi connectivity index (χ1) is 9.99. The second-order valence-electron chi connectivity index (χ2n) is 4.37. The Kier molecular flexibility index (Phi) is 4.66. The van der Waals surface area contributed by atoms with E-state index in [9.17, 15) is 9.59 Å². The van der Waals surface area contributed by atoms with Crippen LogP contribution in [0, 0.1) is 3.57 Å². The van der Waals surface area contributed by atoms with Crippen molar-refractivity contribution in [2.45, 2.75) is 0 Å². The molecule has 0 spiro atoms. The van der Waals surface area contributed by atoms with Crippen LogP contribution in [0.3, 0.4) is 0 Å². The molecule has 0 aliphatic heterocycles. The fraction of sp³-hybridized carbons (Fsp3) is 0.200. The molecule has 0 amide bonds. The number of hydrogen-bond acceptors (Lipinski definition) is 4. The summed E-state index contributed by atoms with van der Waals surface area (Å²) in [6.45, 7) is 0. The van der Waals surface area contributed by atoms with Gasteiger partial charge in [0.2, 0.25) is 0 Å². The predicted octanol–water partition coefficient (Wildman–Crippen LogP) is 2.45. The van der Waals surface area contributed by atoms with Crippen LogP contribution in [-0.4, -0.2) is 24.8 Å². The van der Waals surface area contributed by atoms with Gasteiger partial charge in [-0.2, -0.15) is 0 Å². The van der Waals surface area contributed by atoms with Gasteiger partial charge in [-0.05, 0) is 40.3 Å². The van der Waals surface area contributed by atoms with Gasteiger partial charge < -0.3 is 14.0 Å². The maximum atomic E-state index is 11.9. The van der Waals surface area contributed by atoms with E-state index in [-0.39, 0.29) is 11.5 Å². The number of aromatic nitrogens is 1. The number of methoxy groups -OCH3 is 2. The summed E-state index contributed by atoms with van der Waals surface area (Å²) >= 11 is 1.97. The van der Waals surface area contributed by atoms with Crippen molar-refractivity contribution in [2.24, 2.45) is 7.05 Å². The minimum absolute atomic E-state index is 0.109. The number of halogens is 1. The third kappa shape index (κ3) is 2.94. The van der Waals surface area contributed by atoms with Crippen molar-refractivity contribution < 1.29 is 14.3 Å². The lowest BCUT2D eigenvalue weighted by Gasteiger charge is -2.12. The van der Waals surface area contributed by atoms with Gasteiger partial charge in [0.25, 0.3) is 5.56 Å². The number of benzene rings is 1. The fourth-order valence-electron chi connectivity index (χ4n) is 1.99. The van der Waals surface area contributed by atoms with Crippen molar-refractivity contribution in [3.05, 3.63) is 49.9 Å². The minimum atomic E-state index is -0.386. The van der Waals surface area contributed by atoms with Gasteiger partial charge in [0.15, 0.2) is 0 Å². The topological polar surface area (TPSA) is 57.5 Å². The molecule has 5 nitrogen and oxygen atoms in total. The molecule has 110 valence electrons. The Morgan fingerprint density at radius 2 is 1.81 bits per heavy atom. The molecule has 0 bridgehead atoms. The quantitative estimate of drug-likeness (QED) is 0.588. The molecule has 1 aromatic heterocycles. The first kappa shape index (κ1) is 15.6. The van der Waals surface area contributed by atoms with E-state index in [1.165, 1.54) is 18.8 Å². The molecule has 6 heteroatoms. The first-order valence-corrected chi connectivity index (χ1v) is 7.19. The number of nitrogens with zero attached hydrogens (tertiary/aromatic N) is 1. The van der Waals surface area contributed by atoms with Crippen LogP contribution in [0.2, 0.25) is 0 Å². The summed E-state index contributed by atoms with van der Waals surface area (Å²) in [4.78, 5) is 23.4. The minimum Gasteiger partial charge on any atom is -0.495 e. The van der Waals surface area contributed by atoms with E-state index in [0.717, 1.165) is 11.1 Å². The molecule has 21 heavy (non-hydrogen) atoms. The Labute approximate surface area is 135 Å². The molecule has 0 unspecified atom stereocenters. The normalized spacial score (nSPS) is 10.3. The van der Waals surface area contributed by atoms with Gasteiger partial charge in [-0.25, -0.2) is 4.79 Å². The van der Waals surface area contributed by atoms with Gasteiger partial charge >= 0.3 is 5.97 Å². The SMILES string of the molecule is COC(=O)c1ccc(-c2cn(C)c(=O)c(I)c2OC)cc1. The molecule has 0 radical (unpaired) electrons. The number of carbonyl (C=O) groups is 1. The van der Waals surface area contributed by atoms with Gasteiger partial charge in [0.05, 0.1) is 19.8 Å². The molecule has 0 N–H and O–H groups in total. The summed E-state index contributed by atoms with van der Waals surface area (Å²) in [5.41, 5.74) is 2.01. The van der Waals surface area contributed by atoms with E-state index in [0.29, 0.717) is 14.9 Å². The summed E-state index contributed by atoms with van der Waals surface area (Å²) in [6.07, 6.45) is 1.72. The lowest BCUT2D eigenvalue weighted by molar-refractivity contribution is 0.0601. The Morgan fingerprint density at radius 3 is 2.33 bits per heavy atom. The lowest BCUT2D eigenvalue weighted by Crippen LogP contribution is -2.20. The number of pyridine rings is 1. The van der Waals surface area contributed by atoms with E-state index in [2.05, 4.69) is 4.74 Å². The summed E-state index contributed by atoms with van der Waals surface area (Å²) in [5, 5.41) is 0. The average Bonchev–Trinajstić information content (AvgIpc) is 2.51. The van der Waals surface area contributed by atoms with Crippen molar-refractivity contribution in [1.82, 2.24) is 4.57 Å². The zero-order valence-corrected chi connectivity index (χ0v) is 14.0. The maximum absolute atomic E-state index is 11.9. The number of rotatable bonds is 3. The number of hydrogen-bond donors (Lipinski definition) is 0. The summed E-state index contributed by atoms with van der Waals surface area (Å²) < 4.78 is 12.1. The molecule has 2 aromatic rings. The smallest absolute Gasteiger partial charge is 0.337 e. The fourth-order valence-corrected chi connectivity index (χ4v) is 2.88. The van der Waals surface area contributed by atoms with Crippen molar-refractivity contribution in [3.63, 3.8) is 0 Å². The van der Waals surface area contributed by atoms with E-state index in [1.807, 2.05) is 22.6 Å². The second-order valence-corrected chi connectivity index (χ2v) is 5.45. The largest absolute Gasteiger partial charge is 0.495 e. The average molecular weight is 399 g/mol. The molecule has 1 heterocycles. The van der Waals surface area contributed by atoms with E-state index in [4.69, 9.17) is 4.74 Å². The van der Waals surface area contributed by atoms with Gasteiger partial charge in [-0.1, -0.05) is 12.1 Å². The summed E-state index contributed by atoms with van der Waals surface area (Å²) in [5.74, 6) is 0.146. The Bertz CT molecular complexity index is 735.